The number of piperazine rings is 1. The molecule has 10 heteroatoms. The van der Waals surface area contributed by atoms with Crippen molar-refractivity contribution in [3.8, 4) is 0 Å². The van der Waals surface area contributed by atoms with Gasteiger partial charge in [-0.15, -0.1) is 0 Å². The predicted octanol–water partition coefficient (Wildman–Crippen LogP) is 0.690. The summed E-state index contributed by atoms with van der Waals surface area (Å²) in [6.07, 6.45) is 5.06. The number of nitrogens with zero attached hydrogens (tertiary/aromatic N) is 9. The Hall–Kier alpha value is -3.82. The predicted molar refractivity (Wildman–Crippen MR) is 113 cm³/mol. The first-order valence-corrected chi connectivity index (χ1v) is 9.79. The number of aryl methyl sites for hydroxylation is 1. The molecule has 10 nitrogen and oxygen atoms in total. The third kappa shape index (κ3) is 3.36. The van der Waals surface area contributed by atoms with Crippen LogP contribution in [0.25, 0.3) is 11.2 Å². The molecule has 5 heterocycles. The van der Waals surface area contributed by atoms with E-state index in [-0.39, 0.29) is 5.56 Å². The number of aromatic nitrogens is 7. The molecule has 1 saturated heterocycles. The third-order valence-corrected chi connectivity index (χ3v) is 5.27. The highest BCUT2D eigenvalue weighted by Gasteiger charge is 2.22. The van der Waals surface area contributed by atoms with E-state index in [4.69, 9.17) is 0 Å². The van der Waals surface area contributed by atoms with Gasteiger partial charge in [0.2, 0.25) is 0 Å². The maximum Gasteiger partial charge on any atom is 0.267 e. The Morgan fingerprint density at radius 3 is 2.57 bits per heavy atom. The standard InChI is InChI=1S/C20H21N9O/c1-26-14-24-18-19(26)22-13-23-20(18)28-10-8-27(9-11-28)16-5-6-17(30)29(25-16)12-15-4-2-3-7-21-15/h2-7,13-14H,8-12H2,1H3. The van der Waals surface area contributed by atoms with Gasteiger partial charge in [0.15, 0.2) is 17.0 Å². The molecule has 1 fully saturated rings. The van der Waals surface area contributed by atoms with Crippen molar-refractivity contribution in [3.05, 3.63) is 65.2 Å². The minimum absolute atomic E-state index is 0.137. The number of hydrogen-bond acceptors (Lipinski definition) is 8. The average Bonchev–Trinajstić information content (AvgIpc) is 3.17. The zero-order valence-electron chi connectivity index (χ0n) is 16.6. The van der Waals surface area contributed by atoms with E-state index in [1.165, 1.54) is 4.68 Å². The Bertz CT molecular complexity index is 1230. The molecule has 0 bridgehead atoms. The lowest BCUT2D eigenvalue weighted by molar-refractivity contribution is 0.595. The van der Waals surface area contributed by atoms with Crippen molar-refractivity contribution in [1.82, 2.24) is 34.3 Å². The number of hydrogen-bond donors (Lipinski definition) is 0. The highest BCUT2D eigenvalue weighted by molar-refractivity contribution is 5.83. The van der Waals surface area contributed by atoms with Crippen LogP contribution >= 0.6 is 0 Å². The number of imidazole rings is 1. The van der Waals surface area contributed by atoms with Gasteiger partial charge < -0.3 is 14.4 Å². The van der Waals surface area contributed by atoms with Crippen LogP contribution in [0.15, 0.2) is 54.0 Å². The molecular formula is C20H21N9O. The van der Waals surface area contributed by atoms with Gasteiger partial charge in [-0.1, -0.05) is 6.07 Å². The van der Waals surface area contributed by atoms with Gasteiger partial charge in [-0.05, 0) is 18.2 Å². The first-order valence-electron chi connectivity index (χ1n) is 9.79. The summed E-state index contributed by atoms with van der Waals surface area (Å²) in [5, 5.41) is 4.57. The quantitative estimate of drug-likeness (QED) is 0.491. The van der Waals surface area contributed by atoms with E-state index in [0.29, 0.717) is 6.54 Å². The first kappa shape index (κ1) is 18.2. The average molecular weight is 403 g/mol. The molecule has 4 aromatic heterocycles. The molecule has 0 amide bonds. The fourth-order valence-corrected chi connectivity index (χ4v) is 3.68. The van der Waals surface area contributed by atoms with Gasteiger partial charge in [-0.3, -0.25) is 9.78 Å². The Morgan fingerprint density at radius 1 is 0.933 bits per heavy atom. The Morgan fingerprint density at radius 2 is 1.77 bits per heavy atom. The Balaban J connectivity index is 1.33. The van der Waals surface area contributed by atoms with Gasteiger partial charge in [-0.2, -0.15) is 5.10 Å². The van der Waals surface area contributed by atoms with E-state index in [2.05, 4.69) is 34.8 Å². The van der Waals surface area contributed by atoms with Crippen molar-refractivity contribution in [3.63, 3.8) is 0 Å². The van der Waals surface area contributed by atoms with E-state index >= 15 is 0 Å². The summed E-state index contributed by atoms with van der Waals surface area (Å²) in [5.41, 5.74) is 2.31. The summed E-state index contributed by atoms with van der Waals surface area (Å²) in [4.78, 5) is 34.2. The van der Waals surface area contributed by atoms with Crippen LogP contribution < -0.4 is 15.4 Å². The van der Waals surface area contributed by atoms with E-state index in [1.54, 1.807) is 31.0 Å². The lowest BCUT2D eigenvalue weighted by Gasteiger charge is -2.36. The van der Waals surface area contributed by atoms with Crippen molar-refractivity contribution < 1.29 is 0 Å². The molecule has 152 valence electrons. The van der Waals surface area contributed by atoms with Crippen molar-refractivity contribution in [2.24, 2.45) is 7.05 Å². The highest BCUT2D eigenvalue weighted by Crippen LogP contribution is 2.23. The van der Waals surface area contributed by atoms with Crippen LogP contribution in [0.5, 0.6) is 0 Å². The van der Waals surface area contributed by atoms with Crippen LogP contribution in [0.2, 0.25) is 0 Å². The van der Waals surface area contributed by atoms with Gasteiger partial charge in [0.25, 0.3) is 5.56 Å². The Kier molecular flexibility index (Phi) is 4.58. The van der Waals surface area contributed by atoms with E-state index in [0.717, 1.165) is 54.7 Å². The number of anilines is 2. The molecule has 0 spiro atoms. The van der Waals surface area contributed by atoms with Crippen molar-refractivity contribution in [2.45, 2.75) is 6.54 Å². The number of pyridine rings is 1. The van der Waals surface area contributed by atoms with Crippen LogP contribution in [0.1, 0.15) is 5.69 Å². The second-order valence-corrected chi connectivity index (χ2v) is 7.21. The smallest absolute Gasteiger partial charge is 0.267 e. The number of rotatable bonds is 4. The van der Waals surface area contributed by atoms with Crippen molar-refractivity contribution >= 4 is 22.8 Å². The van der Waals surface area contributed by atoms with Gasteiger partial charge in [0.1, 0.15) is 12.1 Å². The molecule has 5 rings (SSSR count). The maximum atomic E-state index is 12.2. The molecule has 0 atom stereocenters. The summed E-state index contributed by atoms with van der Waals surface area (Å²) in [6, 6.07) is 9.00. The first-order chi connectivity index (χ1) is 14.7. The molecule has 0 saturated carbocycles. The normalized spacial score (nSPS) is 14.4. The lowest BCUT2D eigenvalue weighted by atomic mass is 10.3. The van der Waals surface area contributed by atoms with Gasteiger partial charge >= 0.3 is 0 Å². The molecular weight excluding hydrogens is 382 g/mol. The molecule has 0 aliphatic carbocycles. The summed E-state index contributed by atoms with van der Waals surface area (Å²) in [5.74, 6) is 1.64. The van der Waals surface area contributed by atoms with Gasteiger partial charge in [0.05, 0.1) is 18.6 Å². The molecule has 30 heavy (non-hydrogen) atoms. The van der Waals surface area contributed by atoms with E-state index in [9.17, 15) is 4.79 Å². The highest BCUT2D eigenvalue weighted by atomic mass is 16.1. The van der Waals surface area contributed by atoms with E-state index < -0.39 is 0 Å². The van der Waals surface area contributed by atoms with Gasteiger partial charge in [0, 0.05) is 45.5 Å². The van der Waals surface area contributed by atoms with Crippen LogP contribution in [0.4, 0.5) is 11.6 Å². The summed E-state index contributed by atoms with van der Waals surface area (Å²) >= 11 is 0. The third-order valence-electron chi connectivity index (χ3n) is 5.27. The molecule has 0 aromatic carbocycles. The molecule has 0 radical (unpaired) electrons. The molecule has 4 aromatic rings. The Labute approximate surface area is 172 Å². The molecule has 0 unspecified atom stereocenters. The lowest BCUT2D eigenvalue weighted by Crippen LogP contribution is -2.47. The van der Waals surface area contributed by atoms with Gasteiger partial charge in [-0.25, -0.2) is 19.6 Å². The van der Waals surface area contributed by atoms with Crippen LogP contribution in [-0.2, 0) is 13.6 Å². The maximum absolute atomic E-state index is 12.2. The number of fused-ring (bicyclic) bond motifs is 1. The minimum Gasteiger partial charge on any atom is -0.352 e. The summed E-state index contributed by atoms with van der Waals surface area (Å²) < 4.78 is 3.36. The fourth-order valence-electron chi connectivity index (χ4n) is 3.68. The van der Waals surface area contributed by atoms with Crippen LogP contribution in [0.3, 0.4) is 0 Å². The molecule has 1 aliphatic rings. The fraction of sp³-hybridized carbons (Fsp3) is 0.300. The molecule has 1 aliphatic heterocycles. The second kappa shape index (κ2) is 7.54. The minimum atomic E-state index is -0.137. The monoisotopic (exact) mass is 403 g/mol. The van der Waals surface area contributed by atoms with Crippen molar-refractivity contribution in [2.75, 3.05) is 36.0 Å². The zero-order chi connectivity index (χ0) is 20.5. The van der Waals surface area contributed by atoms with Crippen molar-refractivity contribution in [1.29, 1.82) is 0 Å². The second-order valence-electron chi connectivity index (χ2n) is 7.21. The summed E-state index contributed by atoms with van der Waals surface area (Å²) in [7, 11) is 1.93. The van der Waals surface area contributed by atoms with Crippen LogP contribution in [0, 0.1) is 0 Å². The zero-order valence-corrected chi connectivity index (χ0v) is 16.6. The topological polar surface area (TPSA) is 97.9 Å². The largest absolute Gasteiger partial charge is 0.352 e. The van der Waals surface area contributed by atoms with E-state index in [1.807, 2.05) is 29.8 Å². The molecule has 0 N–H and O–H groups in total. The summed E-state index contributed by atoms with van der Waals surface area (Å²) in [6.45, 7) is 3.46. The van der Waals surface area contributed by atoms with Crippen LogP contribution in [-0.4, -0.2) is 60.5 Å². The SMILES string of the molecule is Cn1cnc2c(N3CCN(c4ccc(=O)n(Cc5ccccn5)n4)CC3)ncnc21.